The topological polar surface area (TPSA) is 94.9 Å². The lowest BCUT2D eigenvalue weighted by Gasteiger charge is -2.35. The first-order valence-corrected chi connectivity index (χ1v) is 12.2. The fourth-order valence-electron chi connectivity index (χ4n) is 4.65. The number of likely N-dealkylation sites (tertiary alicyclic amines) is 1. The second kappa shape index (κ2) is 12.0. The van der Waals surface area contributed by atoms with E-state index in [9.17, 15) is 14.4 Å². The zero-order valence-electron chi connectivity index (χ0n) is 21.3. The molecule has 35 heavy (non-hydrogen) atoms. The van der Waals surface area contributed by atoms with Gasteiger partial charge in [0, 0.05) is 38.5 Å². The van der Waals surface area contributed by atoms with E-state index in [0.717, 1.165) is 12.1 Å². The van der Waals surface area contributed by atoms with E-state index in [1.807, 2.05) is 44.4 Å². The number of carbonyl (C=O) groups is 3. The Morgan fingerprint density at radius 2 is 1.77 bits per heavy atom. The Morgan fingerprint density at radius 3 is 2.37 bits per heavy atom. The van der Waals surface area contributed by atoms with Gasteiger partial charge in [0.1, 0.15) is 6.04 Å². The molecule has 1 aliphatic rings. The molecule has 1 unspecified atom stereocenters. The van der Waals surface area contributed by atoms with Crippen molar-refractivity contribution in [3.63, 3.8) is 0 Å². The first-order valence-electron chi connectivity index (χ1n) is 12.2. The fourth-order valence-corrected chi connectivity index (χ4v) is 4.65. The van der Waals surface area contributed by atoms with Crippen LogP contribution in [-0.2, 0) is 16.0 Å². The fraction of sp³-hybridized carbons (Fsp3) is 0.519. The summed E-state index contributed by atoms with van der Waals surface area (Å²) in [6, 6.07) is 12.1. The van der Waals surface area contributed by atoms with Crippen LogP contribution < -0.4 is 10.6 Å². The molecule has 0 aliphatic carbocycles. The molecule has 1 fully saturated rings. The van der Waals surface area contributed by atoms with Gasteiger partial charge < -0.3 is 24.9 Å². The summed E-state index contributed by atoms with van der Waals surface area (Å²) in [6.45, 7) is 6.74. The average Bonchev–Trinajstić information content (AvgIpc) is 3.37. The molecule has 1 saturated heterocycles. The first-order chi connectivity index (χ1) is 16.6. The van der Waals surface area contributed by atoms with Gasteiger partial charge in [-0.05, 0) is 50.0 Å². The van der Waals surface area contributed by atoms with E-state index in [0.29, 0.717) is 38.9 Å². The Labute approximate surface area is 208 Å². The highest BCUT2D eigenvalue weighted by Gasteiger charge is 2.32. The molecule has 1 aromatic heterocycles. The van der Waals surface area contributed by atoms with E-state index in [1.165, 1.54) is 6.26 Å². The normalized spacial score (nSPS) is 15.6. The Kier molecular flexibility index (Phi) is 9.09. The van der Waals surface area contributed by atoms with Crippen molar-refractivity contribution in [3.05, 3.63) is 60.1 Å². The minimum atomic E-state index is -0.716. The molecule has 8 heteroatoms. The van der Waals surface area contributed by atoms with Gasteiger partial charge in [-0.25, -0.2) is 0 Å². The highest BCUT2D eigenvalue weighted by Crippen LogP contribution is 2.20. The second-order valence-electron chi connectivity index (χ2n) is 10.4. The van der Waals surface area contributed by atoms with E-state index in [2.05, 4.69) is 29.4 Å². The summed E-state index contributed by atoms with van der Waals surface area (Å²) in [5.74, 6) is -0.447. The zero-order chi connectivity index (χ0) is 25.4. The van der Waals surface area contributed by atoms with Gasteiger partial charge in [0.15, 0.2) is 5.76 Å². The molecule has 0 bridgehead atoms. The monoisotopic (exact) mass is 482 g/mol. The summed E-state index contributed by atoms with van der Waals surface area (Å²) in [5, 5.41) is 5.95. The third-order valence-corrected chi connectivity index (χ3v) is 6.29. The molecule has 1 aliphatic heterocycles. The van der Waals surface area contributed by atoms with Crippen LogP contribution in [0.2, 0.25) is 0 Å². The number of nitrogens with one attached hydrogen (secondary N) is 2. The summed E-state index contributed by atoms with van der Waals surface area (Å²) in [4.78, 5) is 42.7. The Balaban J connectivity index is 1.57. The molecule has 3 amide bonds. The number of nitrogens with zero attached hydrogens (tertiary/aromatic N) is 2. The van der Waals surface area contributed by atoms with Crippen molar-refractivity contribution < 1.29 is 18.8 Å². The van der Waals surface area contributed by atoms with Gasteiger partial charge in [-0.2, -0.15) is 0 Å². The Bertz CT molecular complexity index is 964. The van der Waals surface area contributed by atoms with Crippen LogP contribution in [0.4, 0.5) is 0 Å². The second-order valence-corrected chi connectivity index (χ2v) is 10.4. The Hall–Kier alpha value is -3.13. The van der Waals surface area contributed by atoms with Crippen molar-refractivity contribution >= 4 is 17.7 Å². The number of furan rings is 1. The van der Waals surface area contributed by atoms with Gasteiger partial charge in [0.25, 0.3) is 5.91 Å². The molecule has 8 nitrogen and oxygen atoms in total. The maximum atomic E-state index is 13.4. The summed E-state index contributed by atoms with van der Waals surface area (Å²) in [5.41, 5.74) is 0.937. The van der Waals surface area contributed by atoms with E-state index < -0.39 is 11.9 Å². The molecule has 2 heterocycles. The molecule has 2 aromatic rings. The highest BCUT2D eigenvalue weighted by atomic mass is 16.3. The molecule has 0 spiro atoms. The van der Waals surface area contributed by atoms with Crippen LogP contribution in [0.15, 0.2) is 53.1 Å². The van der Waals surface area contributed by atoms with Crippen molar-refractivity contribution in [2.45, 2.75) is 39.2 Å². The van der Waals surface area contributed by atoms with Gasteiger partial charge in [0.05, 0.1) is 6.26 Å². The largest absolute Gasteiger partial charge is 0.459 e. The van der Waals surface area contributed by atoms with Crippen LogP contribution in [0.5, 0.6) is 0 Å². The number of rotatable bonds is 10. The van der Waals surface area contributed by atoms with E-state index >= 15 is 0 Å². The third kappa shape index (κ3) is 7.96. The van der Waals surface area contributed by atoms with Crippen LogP contribution in [0.25, 0.3) is 0 Å². The maximum absolute atomic E-state index is 13.4. The smallest absolute Gasteiger partial charge is 0.287 e. The number of hydrogen-bond donors (Lipinski definition) is 2. The van der Waals surface area contributed by atoms with Gasteiger partial charge in [-0.1, -0.05) is 44.2 Å². The van der Waals surface area contributed by atoms with Crippen LogP contribution in [0, 0.1) is 11.3 Å². The summed E-state index contributed by atoms with van der Waals surface area (Å²) in [7, 11) is 4.05. The van der Waals surface area contributed by atoms with Gasteiger partial charge >= 0.3 is 0 Å². The molecular formula is C27H38N4O4. The standard InChI is InChI=1S/C27H38N4O4/c1-27(2,19-30(3)4)18-28-24(32)21-12-14-31(15-13-21)26(34)22(17-20-9-6-5-7-10-20)29-25(33)23-11-8-16-35-23/h5-11,16,21-22H,12-15,17-19H2,1-4H3,(H,28,32)(H,29,33). The SMILES string of the molecule is CN(C)CC(C)(C)CNC(=O)C1CCN(C(=O)C(Cc2ccccc2)NC(=O)c2ccco2)CC1. The summed E-state index contributed by atoms with van der Waals surface area (Å²) in [6.07, 6.45) is 3.03. The van der Waals surface area contributed by atoms with E-state index in [-0.39, 0.29) is 28.9 Å². The van der Waals surface area contributed by atoms with Crippen molar-refractivity contribution in [1.82, 2.24) is 20.4 Å². The van der Waals surface area contributed by atoms with Crippen molar-refractivity contribution in [3.8, 4) is 0 Å². The van der Waals surface area contributed by atoms with E-state index in [1.54, 1.807) is 17.0 Å². The lowest BCUT2D eigenvalue weighted by molar-refractivity contribution is -0.137. The van der Waals surface area contributed by atoms with Gasteiger partial charge in [-0.3, -0.25) is 14.4 Å². The molecule has 2 N–H and O–H groups in total. The van der Waals surface area contributed by atoms with Gasteiger partial charge in [-0.15, -0.1) is 0 Å². The lowest BCUT2D eigenvalue weighted by Crippen LogP contribution is -2.52. The average molecular weight is 483 g/mol. The van der Waals surface area contributed by atoms with Crippen molar-refractivity contribution in [1.29, 1.82) is 0 Å². The van der Waals surface area contributed by atoms with Crippen LogP contribution in [0.1, 0.15) is 42.8 Å². The molecule has 0 radical (unpaired) electrons. The molecular weight excluding hydrogens is 444 g/mol. The predicted octanol–water partition coefficient (Wildman–Crippen LogP) is 2.56. The molecule has 3 rings (SSSR count). The third-order valence-electron chi connectivity index (χ3n) is 6.29. The van der Waals surface area contributed by atoms with Crippen molar-refractivity contribution in [2.75, 3.05) is 40.3 Å². The molecule has 190 valence electrons. The van der Waals surface area contributed by atoms with E-state index in [4.69, 9.17) is 4.42 Å². The highest BCUT2D eigenvalue weighted by molar-refractivity contribution is 5.95. The van der Waals surface area contributed by atoms with Crippen LogP contribution in [-0.4, -0.2) is 73.8 Å². The van der Waals surface area contributed by atoms with Crippen LogP contribution in [0.3, 0.4) is 0 Å². The predicted molar refractivity (Wildman–Crippen MR) is 135 cm³/mol. The number of hydrogen-bond acceptors (Lipinski definition) is 5. The number of carbonyl (C=O) groups excluding carboxylic acids is 3. The number of amides is 3. The number of benzene rings is 1. The molecule has 0 saturated carbocycles. The minimum Gasteiger partial charge on any atom is -0.459 e. The maximum Gasteiger partial charge on any atom is 0.287 e. The lowest BCUT2D eigenvalue weighted by atomic mass is 9.91. The quantitative estimate of drug-likeness (QED) is 0.543. The molecule has 1 atom stereocenters. The minimum absolute atomic E-state index is 0.0211. The summed E-state index contributed by atoms with van der Waals surface area (Å²) >= 11 is 0. The van der Waals surface area contributed by atoms with Crippen LogP contribution >= 0.6 is 0 Å². The van der Waals surface area contributed by atoms with Crippen molar-refractivity contribution in [2.24, 2.45) is 11.3 Å². The van der Waals surface area contributed by atoms with Gasteiger partial charge in [0.2, 0.25) is 11.8 Å². The molecule has 1 aromatic carbocycles. The zero-order valence-corrected chi connectivity index (χ0v) is 21.3. The summed E-state index contributed by atoms with van der Waals surface area (Å²) < 4.78 is 5.20. The Morgan fingerprint density at radius 1 is 1.09 bits per heavy atom. The first kappa shape index (κ1) is 26.5. The number of piperidine rings is 1.